The summed E-state index contributed by atoms with van der Waals surface area (Å²) in [4.78, 5) is 23.0. The van der Waals surface area contributed by atoms with Crippen LogP contribution in [-0.4, -0.2) is 19.0 Å². The Hall–Kier alpha value is -1.84. The Balaban J connectivity index is 2.05. The first-order valence-electron chi connectivity index (χ1n) is 5.70. The number of esters is 1. The average molecular weight is 233 g/mol. The Kier molecular flexibility index (Phi) is 3.42. The van der Waals surface area contributed by atoms with Gasteiger partial charge in [-0.25, -0.2) is 4.79 Å². The molecule has 2 rings (SSSR count). The van der Waals surface area contributed by atoms with E-state index in [2.05, 4.69) is 10.1 Å². The summed E-state index contributed by atoms with van der Waals surface area (Å²) >= 11 is 0. The van der Waals surface area contributed by atoms with Crippen LogP contribution in [0.3, 0.4) is 0 Å². The van der Waals surface area contributed by atoms with Crippen molar-refractivity contribution in [2.75, 3.05) is 12.4 Å². The summed E-state index contributed by atoms with van der Waals surface area (Å²) in [6.45, 7) is 0. The van der Waals surface area contributed by atoms with E-state index < -0.39 is 5.97 Å². The molecular formula is C13H15NO3. The summed E-state index contributed by atoms with van der Waals surface area (Å²) in [5, 5.41) is 2.82. The van der Waals surface area contributed by atoms with Crippen LogP contribution in [0.1, 0.15) is 29.6 Å². The van der Waals surface area contributed by atoms with Gasteiger partial charge in [0.1, 0.15) is 0 Å². The van der Waals surface area contributed by atoms with E-state index in [4.69, 9.17) is 0 Å². The molecule has 1 aromatic rings. The third kappa shape index (κ3) is 2.64. The molecule has 1 saturated carbocycles. The van der Waals surface area contributed by atoms with Gasteiger partial charge in [-0.05, 0) is 31.0 Å². The lowest BCUT2D eigenvalue weighted by Gasteiger charge is -2.24. The van der Waals surface area contributed by atoms with Gasteiger partial charge in [-0.15, -0.1) is 0 Å². The standard InChI is InChI=1S/C13H15NO3/c1-17-13(16)10-6-3-7-11(8-10)14-12(15)9-4-2-5-9/h3,6-9H,2,4-5H2,1H3,(H,14,15). The Labute approximate surface area is 100.0 Å². The fraction of sp³-hybridized carbons (Fsp3) is 0.385. The van der Waals surface area contributed by atoms with Crippen molar-refractivity contribution in [2.45, 2.75) is 19.3 Å². The number of amides is 1. The molecule has 0 heterocycles. The summed E-state index contributed by atoms with van der Waals surface area (Å²) in [6, 6.07) is 6.78. The second-order valence-electron chi connectivity index (χ2n) is 4.19. The zero-order valence-electron chi connectivity index (χ0n) is 9.73. The van der Waals surface area contributed by atoms with Gasteiger partial charge in [0.25, 0.3) is 0 Å². The second-order valence-corrected chi connectivity index (χ2v) is 4.19. The normalized spacial score (nSPS) is 14.9. The van der Waals surface area contributed by atoms with Gasteiger partial charge in [0.15, 0.2) is 0 Å². The number of ether oxygens (including phenoxy) is 1. The van der Waals surface area contributed by atoms with Gasteiger partial charge < -0.3 is 10.1 Å². The van der Waals surface area contributed by atoms with E-state index >= 15 is 0 Å². The molecule has 0 unspecified atom stereocenters. The van der Waals surface area contributed by atoms with Crippen LogP contribution >= 0.6 is 0 Å². The van der Waals surface area contributed by atoms with E-state index in [-0.39, 0.29) is 11.8 Å². The van der Waals surface area contributed by atoms with Crippen LogP contribution in [0.5, 0.6) is 0 Å². The summed E-state index contributed by atoms with van der Waals surface area (Å²) < 4.78 is 4.62. The fourth-order valence-electron chi connectivity index (χ4n) is 1.76. The van der Waals surface area contributed by atoms with Crippen molar-refractivity contribution in [3.63, 3.8) is 0 Å². The van der Waals surface area contributed by atoms with Gasteiger partial charge >= 0.3 is 5.97 Å². The predicted molar refractivity (Wildman–Crippen MR) is 63.8 cm³/mol. The molecule has 4 nitrogen and oxygen atoms in total. The van der Waals surface area contributed by atoms with Crippen LogP contribution in [0.25, 0.3) is 0 Å². The van der Waals surface area contributed by atoms with Crippen molar-refractivity contribution in [1.82, 2.24) is 0 Å². The van der Waals surface area contributed by atoms with Crippen molar-refractivity contribution >= 4 is 17.6 Å². The van der Waals surface area contributed by atoms with Crippen molar-refractivity contribution in [3.05, 3.63) is 29.8 Å². The van der Waals surface area contributed by atoms with Crippen molar-refractivity contribution < 1.29 is 14.3 Å². The number of methoxy groups -OCH3 is 1. The molecule has 1 amide bonds. The monoisotopic (exact) mass is 233 g/mol. The lowest BCUT2D eigenvalue weighted by atomic mass is 9.85. The lowest BCUT2D eigenvalue weighted by molar-refractivity contribution is -0.122. The largest absolute Gasteiger partial charge is 0.465 e. The Morgan fingerprint density at radius 3 is 2.71 bits per heavy atom. The first-order chi connectivity index (χ1) is 8.20. The molecule has 0 bridgehead atoms. The molecule has 17 heavy (non-hydrogen) atoms. The summed E-state index contributed by atoms with van der Waals surface area (Å²) in [7, 11) is 1.34. The summed E-state index contributed by atoms with van der Waals surface area (Å²) in [5.74, 6) is -0.222. The van der Waals surface area contributed by atoms with Crippen LogP contribution in [0.4, 0.5) is 5.69 Å². The molecule has 0 aliphatic heterocycles. The van der Waals surface area contributed by atoms with Gasteiger partial charge in [0, 0.05) is 11.6 Å². The highest BCUT2D eigenvalue weighted by molar-refractivity contribution is 5.95. The van der Waals surface area contributed by atoms with Crippen LogP contribution in [0.15, 0.2) is 24.3 Å². The molecule has 0 spiro atoms. The molecule has 1 aromatic carbocycles. The zero-order valence-corrected chi connectivity index (χ0v) is 9.73. The average Bonchev–Trinajstić information content (AvgIpc) is 2.26. The smallest absolute Gasteiger partial charge is 0.337 e. The van der Waals surface area contributed by atoms with Crippen molar-refractivity contribution in [3.8, 4) is 0 Å². The molecule has 0 saturated heterocycles. The molecule has 0 atom stereocenters. The van der Waals surface area contributed by atoms with Gasteiger partial charge in [0.05, 0.1) is 12.7 Å². The fourth-order valence-corrected chi connectivity index (χ4v) is 1.76. The Morgan fingerprint density at radius 2 is 2.12 bits per heavy atom. The first-order valence-corrected chi connectivity index (χ1v) is 5.70. The Morgan fingerprint density at radius 1 is 1.35 bits per heavy atom. The third-order valence-electron chi connectivity index (χ3n) is 3.03. The van der Waals surface area contributed by atoms with E-state index in [1.807, 2.05) is 0 Å². The van der Waals surface area contributed by atoms with Crippen LogP contribution in [0, 0.1) is 5.92 Å². The lowest BCUT2D eigenvalue weighted by Crippen LogP contribution is -2.28. The van der Waals surface area contributed by atoms with E-state index in [1.54, 1.807) is 24.3 Å². The van der Waals surface area contributed by atoms with Crippen molar-refractivity contribution in [1.29, 1.82) is 0 Å². The summed E-state index contributed by atoms with van der Waals surface area (Å²) in [6.07, 6.45) is 3.05. The van der Waals surface area contributed by atoms with E-state index in [1.165, 1.54) is 7.11 Å². The van der Waals surface area contributed by atoms with Crippen LogP contribution in [0.2, 0.25) is 0 Å². The topological polar surface area (TPSA) is 55.4 Å². The highest BCUT2D eigenvalue weighted by Crippen LogP contribution is 2.27. The first kappa shape index (κ1) is 11.6. The maximum absolute atomic E-state index is 11.7. The third-order valence-corrected chi connectivity index (χ3v) is 3.03. The molecule has 1 aliphatic rings. The van der Waals surface area contributed by atoms with Gasteiger partial charge in [0.2, 0.25) is 5.91 Å². The number of nitrogens with one attached hydrogen (secondary N) is 1. The maximum Gasteiger partial charge on any atom is 0.337 e. The highest BCUT2D eigenvalue weighted by Gasteiger charge is 2.25. The van der Waals surface area contributed by atoms with E-state index in [0.717, 1.165) is 19.3 Å². The minimum Gasteiger partial charge on any atom is -0.465 e. The van der Waals surface area contributed by atoms with Crippen LogP contribution in [-0.2, 0) is 9.53 Å². The minimum absolute atomic E-state index is 0.0401. The molecule has 1 fully saturated rings. The SMILES string of the molecule is COC(=O)c1cccc(NC(=O)C2CCC2)c1. The molecule has 0 aromatic heterocycles. The molecule has 1 N–H and O–H groups in total. The molecule has 1 aliphatic carbocycles. The number of hydrogen-bond acceptors (Lipinski definition) is 3. The number of carbonyl (C=O) groups excluding carboxylic acids is 2. The number of carbonyl (C=O) groups is 2. The number of anilines is 1. The molecule has 0 radical (unpaired) electrons. The molecular weight excluding hydrogens is 218 g/mol. The zero-order chi connectivity index (χ0) is 12.3. The maximum atomic E-state index is 11.7. The number of rotatable bonds is 3. The van der Waals surface area contributed by atoms with E-state index in [0.29, 0.717) is 11.3 Å². The van der Waals surface area contributed by atoms with Gasteiger partial charge in [-0.2, -0.15) is 0 Å². The second kappa shape index (κ2) is 4.99. The molecule has 4 heteroatoms. The summed E-state index contributed by atoms with van der Waals surface area (Å²) in [5.41, 5.74) is 1.09. The van der Waals surface area contributed by atoms with E-state index in [9.17, 15) is 9.59 Å². The van der Waals surface area contributed by atoms with Crippen LogP contribution < -0.4 is 5.32 Å². The Bertz CT molecular complexity index is 438. The molecule has 90 valence electrons. The van der Waals surface area contributed by atoms with Gasteiger partial charge in [-0.3, -0.25) is 4.79 Å². The minimum atomic E-state index is -0.398. The number of benzene rings is 1. The predicted octanol–water partition coefficient (Wildman–Crippen LogP) is 2.21. The highest BCUT2D eigenvalue weighted by atomic mass is 16.5. The van der Waals surface area contributed by atoms with Crippen molar-refractivity contribution in [2.24, 2.45) is 5.92 Å². The van der Waals surface area contributed by atoms with Gasteiger partial charge in [-0.1, -0.05) is 12.5 Å². The quantitative estimate of drug-likeness (QED) is 0.814. The number of hydrogen-bond donors (Lipinski definition) is 1.